The molecule has 0 aliphatic carbocycles. The number of hydrogen-bond acceptors (Lipinski definition) is 5. The molecule has 28 heavy (non-hydrogen) atoms. The zero-order valence-electron chi connectivity index (χ0n) is 16.9. The van der Waals surface area contributed by atoms with Gasteiger partial charge in [-0.05, 0) is 74.9 Å². The molecule has 1 fully saturated rings. The number of aliphatic carboxylic acids is 1. The van der Waals surface area contributed by atoms with Gasteiger partial charge < -0.3 is 10.0 Å². The highest BCUT2D eigenvalue weighted by Crippen LogP contribution is 2.44. The summed E-state index contributed by atoms with van der Waals surface area (Å²) in [6, 6.07) is 4.39. The molecule has 1 atom stereocenters. The van der Waals surface area contributed by atoms with Crippen LogP contribution in [-0.4, -0.2) is 44.8 Å². The largest absolute Gasteiger partial charge is 0.480 e. The molecule has 1 N–H and O–H groups in total. The van der Waals surface area contributed by atoms with E-state index in [1.54, 1.807) is 0 Å². The average Bonchev–Trinajstić information content (AvgIpc) is 2.83. The fourth-order valence-corrected chi connectivity index (χ4v) is 5.56. The number of rotatable bonds is 4. The van der Waals surface area contributed by atoms with Gasteiger partial charge in [-0.25, -0.2) is 0 Å². The molecule has 1 saturated heterocycles. The molecule has 1 aromatic rings. The van der Waals surface area contributed by atoms with Gasteiger partial charge in [0, 0.05) is 17.8 Å². The summed E-state index contributed by atoms with van der Waals surface area (Å²) in [6.07, 6.45) is 2.91. The van der Waals surface area contributed by atoms with E-state index in [1.807, 2.05) is 13.0 Å². The number of carboxylic acids is 1. The highest BCUT2D eigenvalue weighted by Gasteiger charge is 2.36. The Labute approximate surface area is 175 Å². The number of carbonyl (C=O) groups excluding carboxylic acids is 1. The van der Waals surface area contributed by atoms with Crippen molar-refractivity contribution in [3.63, 3.8) is 0 Å². The van der Waals surface area contributed by atoms with E-state index in [0.29, 0.717) is 15.1 Å². The van der Waals surface area contributed by atoms with Gasteiger partial charge in [0.05, 0.1) is 4.91 Å². The maximum Gasteiger partial charge on any atom is 0.323 e. The van der Waals surface area contributed by atoms with Crippen LogP contribution in [0.1, 0.15) is 56.7 Å². The molecule has 2 aliphatic heterocycles. The third-order valence-corrected chi connectivity index (χ3v) is 6.92. The van der Waals surface area contributed by atoms with E-state index in [4.69, 9.17) is 17.3 Å². The van der Waals surface area contributed by atoms with Gasteiger partial charge in [-0.2, -0.15) is 0 Å². The van der Waals surface area contributed by atoms with Crippen molar-refractivity contribution in [2.45, 2.75) is 52.5 Å². The minimum atomic E-state index is -1.07. The molecule has 1 amide bonds. The maximum absolute atomic E-state index is 12.6. The summed E-state index contributed by atoms with van der Waals surface area (Å²) >= 11 is 6.36. The predicted molar refractivity (Wildman–Crippen MR) is 119 cm³/mol. The van der Waals surface area contributed by atoms with Gasteiger partial charge in [0.2, 0.25) is 0 Å². The lowest BCUT2D eigenvalue weighted by Gasteiger charge is -2.47. The normalized spacial score (nSPS) is 22.8. The van der Waals surface area contributed by atoms with Gasteiger partial charge in [-0.15, -0.1) is 0 Å². The van der Waals surface area contributed by atoms with E-state index in [9.17, 15) is 9.59 Å². The van der Waals surface area contributed by atoms with Crippen molar-refractivity contribution < 1.29 is 14.7 Å². The number of carbonyl (C=O) groups is 2. The number of fused-ring (bicyclic) bond motifs is 1. The van der Waals surface area contributed by atoms with E-state index >= 15 is 0 Å². The molecular weight excluding hydrogens is 392 g/mol. The smallest absolute Gasteiger partial charge is 0.323 e. The van der Waals surface area contributed by atoms with Crippen molar-refractivity contribution >= 4 is 51.9 Å². The van der Waals surface area contributed by atoms with E-state index in [0.717, 1.165) is 29.0 Å². The number of carboxylic acid groups (broad SMARTS) is 1. The summed E-state index contributed by atoms with van der Waals surface area (Å²) in [7, 11) is 0. The van der Waals surface area contributed by atoms with E-state index < -0.39 is 12.5 Å². The number of thiocarbonyl (C=S) groups is 1. The number of hydrogen-bond donors (Lipinski definition) is 1. The third-order valence-electron chi connectivity index (χ3n) is 5.54. The Hall–Kier alpha value is -1.86. The first-order chi connectivity index (χ1) is 13.0. The standard InChI is InChI=1S/C21H26N2O3S2/c1-6-23-16-7-12(2)14(8-15(16)13(3)10-21(23,4)5)9-17-19(26)22(11-18(24)25)20(27)28-17/h7-9,13H,6,10-11H2,1-5H3,(H,24,25)/b17-9+. The zero-order chi connectivity index (χ0) is 20.8. The summed E-state index contributed by atoms with van der Waals surface area (Å²) in [6.45, 7) is 11.6. The first kappa shape index (κ1) is 20.9. The third kappa shape index (κ3) is 3.70. The summed E-state index contributed by atoms with van der Waals surface area (Å²) in [4.78, 5) is 27.6. The van der Waals surface area contributed by atoms with Crippen molar-refractivity contribution in [1.82, 2.24) is 4.90 Å². The number of thioether (sulfide) groups is 1. The highest BCUT2D eigenvalue weighted by atomic mass is 32.2. The second-order valence-corrected chi connectivity index (χ2v) is 9.77. The second kappa shape index (κ2) is 7.52. The van der Waals surface area contributed by atoms with E-state index in [1.165, 1.54) is 23.0 Å². The molecule has 1 aromatic carbocycles. The van der Waals surface area contributed by atoms with E-state index in [-0.39, 0.29) is 11.4 Å². The molecule has 2 heterocycles. The summed E-state index contributed by atoms with van der Waals surface area (Å²) in [5, 5.41) is 8.99. The number of anilines is 1. The van der Waals surface area contributed by atoms with Crippen LogP contribution in [0, 0.1) is 6.92 Å². The Morgan fingerprint density at radius 1 is 1.43 bits per heavy atom. The Balaban J connectivity index is 2.01. The first-order valence-corrected chi connectivity index (χ1v) is 10.7. The molecule has 150 valence electrons. The molecule has 0 radical (unpaired) electrons. The number of benzene rings is 1. The lowest BCUT2D eigenvalue weighted by atomic mass is 9.79. The van der Waals surface area contributed by atoms with Gasteiger partial charge in [-0.1, -0.05) is 30.9 Å². The zero-order valence-corrected chi connectivity index (χ0v) is 18.5. The van der Waals surface area contributed by atoms with Crippen molar-refractivity contribution in [2.75, 3.05) is 18.0 Å². The molecule has 0 bridgehead atoms. The predicted octanol–water partition coefficient (Wildman–Crippen LogP) is 4.39. The second-order valence-electron chi connectivity index (χ2n) is 8.09. The van der Waals surface area contributed by atoms with Crippen LogP contribution in [0.5, 0.6) is 0 Å². The summed E-state index contributed by atoms with van der Waals surface area (Å²) in [5.41, 5.74) is 4.73. The Kier molecular flexibility index (Phi) is 5.60. The lowest BCUT2D eigenvalue weighted by Crippen LogP contribution is -2.48. The van der Waals surface area contributed by atoms with Crippen molar-refractivity contribution in [3.8, 4) is 0 Å². The fraction of sp³-hybridized carbons (Fsp3) is 0.476. The summed E-state index contributed by atoms with van der Waals surface area (Å²) in [5.74, 6) is -0.987. The Bertz CT molecular complexity index is 892. The van der Waals surface area contributed by atoms with Crippen LogP contribution < -0.4 is 4.90 Å². The Morgan fingerprint density at radius 3 is 2.71 bits per heavy atom. The molecule has 3 rings (SSSR count). The Morgan fingerprint density at radius 2 is 2.11 bits per heavy atom. The van der Waals surface area contributed by atoms with Gasteiger partial charge >= 0.3 is 5.97 Å². The maximum atomic E-state index is 12.6. The molecular formula is C21H26N2O3S2. The SMILES string of the molecule is CCN1c2cc(C)c(/C=C3/SC(=S)N(CC(=O)O)C3=O)cc2C(C)CC1(C)C. The number of nitrogens with zero attached hydrogens (tertiary/aromatic N) is 2. The van der Waals surface area contributed by atoms with Crippen molar-refractivity contribution in [2.24, 2.45) is 0 Å². The van der Waals surface area contributed by atoms with Crippen LogP contribution in [0.3, 0.4) is 0 Å². The van der Waals surface area contributed by atoms with Crippen LogP contribution in [-0.2, 0) is 9.59 Å². The van der Waals surface area contributed by atoms with Crippen LogP contribution >= 0.6 is 24.0 Å². The molecule has 0 aromatic heterocycles. The average molecular weight is 419 g/mol. The molecule has 2 aliphatic rings. The van der Waals surface area contributed by atoms with Crippen LogP contribution in [0.4, 0.5) is 5.69 Å². The van der Waals surface area contributed by atoms with Gasteiger partial charge in [0.15, 0.2) is 0 Å². The molecule has 7 heteroatoms. The first-order valence-electron chi connectivity index (χ1n) is 9.44. The molecule has 0 saturated carbocycles. The summed E-state index contributed by atoms with van der Waals surface area (Å²) < 4.78 is 0.293. The minimum absolute atomic E-state index is 0.106. The van der Waals surface area contributed by atoms with Gasteiger partial charge in [0.25, 0.3) is 5.91 Å². The van der Waals surface area contributed by atoms with Crippen LogP contribution in [0.15, 0.2) is 17.0 Å². The fourth-order valence-electron chi connectivity index (χ4n) is 4.32. The molecule has 0 spiro atoms. The van der Waals surface area contributed by atoms with Crippen molar-refractivity contribution in [1.29, 1.82) is 0 Å². The topological polar surface area (TPSA) is 60.9 Å². The quantitative estimate of drug-likeness (QED) is 0.578. The van der Waals surface area contributed by atoms with E-state index in [2.05, 4.69) is 44.7 Å². The number of aryl methyl sites for hydroxylation is 1. The number of amides is 1. The van der Waals surface area contributed by atoms with Crippen LogP contribution in [0.2, 0.25) is 0 Å². The van der Waals surface area contributed by atoms with Crippen molar-refractivity contribution in [3.05, 3.63) is 33.7 Å². The highest BCUT2D eigenvalue weighted by molar-refractivity contribution is 8.26. The monoisotopic (exact) mass is 418 g/mol. The van der Waals surface area contributed by atoms with Gasteiger partial charge in [0.1, 0.15) is 10.9 Å². The lowest BCUT2D eigenvalue weighted by molar-refractivity contribution is -0.140. The molecule has 1 unspecified atom stereocenters. The minimum Gasteiger partial charge on any atom is -0.480 e. The van der Waals surface area contributed by atoms with Gasteiger partial charge in [-0.3, -0.25) is 14.5 Å². The molecule has 5 nitrogen and oxygen atoms in total. The van der Waals surface area contributed by atoms with Crippen LogP contribution in [0.25, 0.3) is 6.08 Å².